The molecule has 0 aliphatic rings. The second kappa shape index (κ2) is 10.3. The number of hydrogen-bond acceptors (Lipinski definition) is 5. The van der Waals surface area contributed by atoms with Crippen LogP contribution in [0.15, 0.2) is 83.8 Å². The molecule has 1 unspecified atom stereocenters. The van der Waals surface area contributed by atoms with Crippen molar-refractivity contribution in [2.24, 2.45) is 0 Å². The Morgan fingerprint density at radius 1 is 0.938 bits per heavy atom. The van der Waals surface area contributed by atoms with Gasteiger partial charge in [-0.2, -0.15) is 0 Å². The Morgan fingerprint density at radius 3 is 2.12 bits per heavy atom. The predicted molar refractivity (Wildman–Crippen MR) is 125 cm³/mol. The second-order valence-electron chi connectivity index (χ2n) is 7.46. The molecule has 0 spiro atoms. The Hall–Kier alpha value is -3.36. The summed E-state index contributed by atoms with van der Waals surface area (Å²) < 4.78 is 32.8. The average Bonchev–Trinajstić information content (AvgIpc) is 2.79. The molecule has 0 aliphatic carbocycles. The summed E-state index contributed by atoms with van der Waals surface area (Å²) in [5.41, 5.74) is 1.91. The van der Waals surface area contributed by atoms with Crippen molar-refractivity contribution in [1.29, 1.82) is 0 Å². The molecule has 3 aromatic rings. The van der Waals surface area contributed by atoms with Crippen molar-refractivity contribution < 1.29 is 17.9 Å². The van der Waals surface area contributed by atoms with Gasteiger partial charge in [0.2, 0.25) is 0 Å². The van der Waals surface area contributed by atoms with Gasteiger partial charge in [-0.15, -0.1) is 0 Å². The van der Waals surface area contributed by atoms with Gasteiger partial charge in [0.1, 0.15) is 5.75 Å². The number of amides is 1. The number of ether oxygens (including phenoxy) is 1. The number of anilines is 1. The van der Waals surface area contributed by atoms with E-state index in [-0.39, 0.29) is 16.8 Å². The van der Waals surface area contributed by atoms with Crippen molar-refractivity contribution in [2.75, 3.05) is 32.5 Å². The smallest absolute Gasteiger partial charge is 0.261 e. The molecule has 0 fully saturated rings. The average molecular weight is 454 g/mol. The predicted octanol–water partition coefficient (Wildman–Crippen LogP) is 3.53. The number of carbonyl (C=O) groups is 1. The monoisotopic (exact) mass is 453 g/mol. The van der Waals surface area contributed by atoms with Crippen LogP contribution in [-0.2, 0) is 10.0 Å². The molecule has 0 saturated carbocycles. The summed E-state index contributed by atoms with van der Waals surface area (Å²) in [5.74, 6) is 0.498. The van der Waals surface area contributed by atoms with E-state index in [0.29, 0.717) is 17.8 Å². The van der Waals surface area contributed by atoms with Crippen LogP contribution in [0.2, 0.25) is 0 Å². The first-order valence-electron chi connectivity index (χ1n) is 10.1. The maximum Gasteiger partial charge on any atom is 0.261 e. The summed E-state index contributed by atoms with van der Waals surface area (Å²) in [5, 5.41) is 2.93. The zero-order valence-electron chi connectivity index (χ0n) is 18.3. The van der Waals surface area contributed by atoms with Gasteiger partial charge in [0, 0.05) is 17.8 Å². The number of rotatable bonds is 9. The molecule has 32 heavy (non-hydrogen) atoms. The number of likely N-dealkylation sites (N-methyl/N-ethyl adjacent to an activating group) is 1. The Balaban J connectivity index is 1.65. The lowest BCUT2D eigenvalue weighted by molar-refractivity contribution is 0.0942. The minimum absolute atomic E-state index is 0.0282. The van der Waals surface area contributed by atoms with Crippen LogP contribution in [0.5, 0.6) is 5.75 Å². The highest BCUT2D eigenvalue weighted by Gasteiger charge is 2.18. The molecular weight excluding hydrogens is 426 g/mol. The van der Waals surface area contributed by atoms with Gasteiger partial charge in [-0.1, -0.05) is 30.3 Å². The number of carbonyl (C=O) groups excluding carboxylic acids is 1. The second-order valence-corrected chi connectivity index (χ2v) is 9.14. The van der Waals surface area contributed by atoms with E-state index in [4.69, 9.17) is 4.74 Å². The van der Waals surface area contributed by atoms with Crippen molar-refractivity contribution in [3.8, 4) is 5.75 Å². The number of para-hydroxylation sites is 1. The molecular formula is C24H27N3O4S. The van der Waals surface area contributed by atoms with Gasteiger partial charge in [0.05, 0.1) is 18.0 Å². The third-order valence-corrected chi connectivity index (χ3v) is 6.43. The lowest BCUT2D eigenvalue weighted by Gasteiger charge is -2.25. The maximum atomic E-state index is 12.6. The SMILES string of the molecule is COc1ccc(C(CNC(=O)c2ccc(S(=O)(=O)Nc3ccccc3)cc2)N(C)C)cc1. The highest BCUT2D eigenvalue weighted by atomic mass is 32.2. The van der Waals surface area contributed by atoms with Crippen molar-refractivity contribution in [2.45, 2.75) is 10.9 Å². The Bertz CT molecular complexity index is 1130. The van der Waals surface area contributed by atoms with Gasteiger partial charge in [-0.25, -0.2) is 8.42 Å². The summed E-state index contributed by atoms with van der Waals surface area (Å²) in [4.78, 5) is 14.7. The zero-order valence-corrected chi connectivity index (χ0v) is 19.1. The molecule has 1 atom stereocenters. The number of nitrogens with one attached hydrogen (secondary N) is 2. The number of nitrogens with zero attached hydrogens (tertiary/aromatic N) is 1. The van der Waals surface area contributed by atoms with Crippen molar-refractivity contribution in [3.05, 3.63) is 90.0 Å². The van der Waals surface area contributed by atoms with E-state index in [1.54, 1.807) is 37.4 Å². The Kier molecular flexibility index (Phi) is 7.50. The first kappa shape index (κ1) is 23.3. The van der Waals surface area contributed by atoms with E-state index in [9.17, 15) is 13.2 Å². The molecule has 8 heteroatoms. The standard InChI is InChI=1S/C24H27N3O4S/c1-27(2)23(18-9-13-21(31-3)14-10-18)17-25-24(28)19-11-15-22(16-12-19)32(29,30)26-20-7-5-4-6-8-20/h4-16,23,26H,17H2,1-3H3,(H,25,28). The summed E-state index contributed by atoms with van der Waals surface area (Å²) in [6.45, 7) is 0.397. The van der Waals surface area contributed by atoms with E-state index >= 15 is 0 Å². The Labute approximate surface area is 189 Å². The van der Waals surface area contributed by atoms with E-state index in [0.717, 1.165) is 11.3 Å². The molecule has 1 amide bonds. The van der Waals surface area contributed by atoms with Crippen LogP contribution in [-0.4, -0.2) is 47.0 Å². The van der Waals surface area contributed by atoms with Crippen LogP contribution < -0.4 is 14.8 Å². The number of methoxy groups -OCH3 is 1. The van der Waals surface area contributed by atoms with Gasteiger partial charge in [-0.05, 0) is 68.2 Å². The van der Waals surface area contributed by atoms with Gasteiger partial charge >= 0.3 is 0 Å². The number of benzene rings is 3. The topological polar surface area (TPSA) is 87.7 Å². The molecule has 0 heterocycles. The largest absolute Gasteiger partial charge is 0.497 e. The third-order valence-electron chi connectivity index (χ3n) is 5.03. The van der Waals surface area contributed by atoms with E-state index in [1.807, 2.05) is 43.3 Å². The molecule has 3 rings (SSSR count). The summed E-state index contributed by atoms with van der Waals surface area (Å²) in [7, 11) is 1.77. The lowest BCUT2D eigenvalue weighted by atomic mass is 10.1. The lowest BCUT2D eigenvalue weighted by Crippen LogP contribution is -2.34. The van der Waals surface area contributed by atoms with Crippen LogP contribution in [0.1, 0.15) is 22.0 Å². The van der Waals surface area contributed by atoms with Crippen molar-refractivity contribution in [3.63, 3.8) is 0 Å². The van der Waals surface area contributed by atoms with Crippen LogP contribution >= 0.6 is 0 Å². The van der Waals surface area contributed by atoms with Crippen molar-refractivity contribution in [1.82, 2.24) is 10.2 Å². The molecule has 3 aromatic carbocycles. The van der Waals surface area contributed by atoms with Gasteiger partial charge in [-0.3, -0.25) is 9.52 Å². The summed E-state index contributed by atoms with van der Waals surface area (Å²) in [6.07, 6.45) is 0. The maximum absolute atomic E-state index is 12.6. The van der Waals surface area contributed by atoms with Crippen LogP contribution in [0.3, 0.4) is 0 Å². The Morgan fingerprint density at radius 2 is 1.56 bits per heavy atom. The molecule has 0 aliphatic heterocycles. The number of hydrogen-bond donors (Lipinski definition) is 2. The first-order valence-corrected chi connectivity index (χ1v) is 11.5. The summed E-state index contributed by atoms with van der Waals surface area (Å²) >= 11 is 0. The highest BCUT2D eigenvalue weighted by molar-refractivity contribution is 7.92. The van der Waals surface area contributed by atoms with Crippen LogP contribution in [0.4, 0.5) is 5.69 Å². The number of sulfonamides is 1. The molecule has 7 nitrogen and oxygen atoms in total. The molecule has 0 aromatic heterocycles. The van der Waals surface area contributed by atoms with E-state index < -0.39 is 10.0 Å². The normalized spacial score (nSPS) is 12.2. The van der Waals surface area contributed by atoms with Crippen LogP contribution in [0.25, 0.3) is 0 Å². The van der Waals surface area contributed by atoms with Crippen LogP contribution in [0, 0.1) is 0 Å². The van der Waals surface area contributed by atoms with Gasteiger partial charge < -0.3 is 15.0 Å². The third kappa shape index (κ3) is 5.87. The fourth-order valence-corrected chi connectivity index (χ4v) is 4.28. The van der Waals surface area contributed by atoms with E-state index in [2.05, 4.69) is 10.0 Å². The van der Waals surface area contributed by atoms with Gasteiger partial charge in [0.25, 0.3) is 15.9 Å². The zero-order chi connectivity index (χ0) is 23.1. The molecule has 0 saturated heterocycles. The minimum atomic E-state index is -3.73. The van der Waals surface area contributed by atoms with Crippen molar-refractivity contribution >= 4 is 21.6 Å². The molecule has 0 radical (unpaired) electrons. The van der Waals surface area contributed by atoms with E-state index in [1.165, 1.54) is 24.3 Å². The minimum Gasteiger partial charge on any atom is -0.497 e. The fraction of sp³-hybridized carbons (Fsp3) is 0.208. The summed E-state index contributed by atoms with van der Waals surface area (Å²) in [6, 6.07) is 22.2. The quantitative estimate of drug-likeness (QED) is 0.518. The fourth-order valence-electron chi connectivity index (χ4n) is 3.22. The molecule has 2 N–H and O–H groups in total. The molecule has 0 bridgehead atoms. The highest BCUT2D eigenvalue weighted by Crippen LogP contribution is 2.21. The van der Waals surface area contributed by atoms with Gasteiger partial charge in [0.15, 0.2) is 0 Å². The first-order chi connectivity index (χ1) is 15.3. The molecule has 168 valence electrons.